The molecule has 1 fully saturated rings. The molecule has 3 aromatic rings. The number of ether oxygens (including phenoxy) is 1. The Hall–Kier alpha value is -2.68. The number of thiazole rings is 1. The van der Waals surface area contributed by atoms with Crippen LogP contribution in [0.25, 0.3) is 0 Å². The maximum atomic E-state index is 12.4. The lowest BCUT2D eigenvalue weighted by molar-refractivity contribution is 0.278. The van der Waals surface area contributed by atoms with E-state index >= 15 is 0 Å². The molecule has 148 valence electrons. The number of anilines is 1. The van der Waals surface area contributed by atoms with Gasteiger partial charge in [-0.25, -0.2) is 9.67 Å². The van der Waals surface area contributed by atoms with Gasteiger partial charge in [0, 0.05) is 43.1 Å². The first-order chi connectivity index (χ1) is 13.4. The lowest BCUT2D eigenvalue weighted by Gasteiger charge is -2.10. The van der Waals surface area contributed by atoms with Crippen molar-refractivity contribution in [3.05, 3.63) is 50.0 Å². The van der Waals surface area contributed by atoms with Crippen LogP contribution in [0.4, 0.5) is 5.69 Å². The van der Waals surface area contributed by atoms with Gasteiger partial charge < -0.3 is 10.1 Å². The molecule has 0 amide bonds. The molecule has 28 heavy (non-hydrogen) atoms. The second-order valence-electron chi connectivity index (χ2n) is 7.26. The molecule has 4 rings (SSSR count). The van der Waals surface area contributed by atoms with Crippen molar-refractivity contribution in [2.75, 3.05) is 11.9 Å². The molecule has 0 radical (unpaired) electrons. The van der Waals surface area contributed by atoms with Crippen LogP contribution >= 0.6 is 11.3 Å². The third-order valence-electron chi connectivity index (χ3n) is 5.03. The van der Waals surface area contributed by atoms with Gasteiger partial charge in [0.25, 0.3) is 5.56 Å². The molecular weight excluding hydrogens is 376 g/mol. The molecule has 3 heterocycles. The Morgan fingerprint density at radius 2 is 2.14 bits per heavy atom. The number of aryl methyl sites for hydroxylation is 4. The van der Waals surface area contributed by atoms with Gasteiger partial charge in [-0.3, -0.25) is 9.48 Å². The maximum Gasteiger partial charge on any atom is 0.290 e. The van der Waals surface area contributed by atoms with Crippen molar-refractivity contribution < 1.29 is 4.74 Å². The minimum Gasteiger partial charge on any atom is -0.476 e. The van der Waals surface area contributed by atoms with Crippen LogP contribution in [0.2, 0.25) is 0 Å². The average Bonchev–Trinajstić information content (AvgIpc) is 3.19. The minimum absolute atomic E-state index is 0.185. The zero-order valence-electron chi connectivity index (χ0n) is 16.5. The smallest absolute Gasteiger partial charge is 0.290 e. The highest BCUT2D eigenvalue weighted by atomic mass is 32.1. The summed E-state index contributed by atoms with van der Waals surface area (Å²) in [5.74, 6) is 1.33. The van der Waals surface area contributed by atoms with E-state index in [2.05, 4.69) is 26.6 Å². The van der Waals surface area contributed by atoms with E-state index in [0.29, 0.717) is 36.6 Å². The van der Waals surface area contributed by atoms with Crippen molar-refractivity contribution in [1.82, 2.24) is 24.5 Å². The normalized spacial score (nSPS) is 18.3. The van der Waals surface area contributed by atoms with Crippen molar-refractivity contribution in [3.63, 3.8) is 0 Å². The molecule has 2 atom stereocenters. The summed E-state index contributed by atoms with van der Waals surface area (Å²) < 4.78 is 9.01. The van der Waals surface area contributed by atoms with Crippen molar-refractivity contribution in [2.24, 2.45) is 20.0 Å². The van der Waals surface area contributed by atoms with Crippen LogP contribution < -0.4 is 15.6 Å². The number of hydrogen-bond donors (Lipinski definition) is 1. The fourth-order valence-corrected chi connectivity index (χ4v) is 4.06. The largest absolute Gasteiger partial charge is 0.476 e. The molecule has 1 N–H and O–H groups in total. The molecule has 0 aromatic carbocycles. The Morgan fingerprint density at radius 1 is 1.32 bits per heavy atom. The summed E-state index contributed by atoms with van der Waals surface area (Å²) in [5.41, 5.74) is 2.42. The van der Waals surface area contributed by atoms with E-state index in [1.54, 1.807) is 24.5 Å². The first-order valence-electron chi connectivity index (χ1n) is 9.28. The number of rotatable bonds is 7. The Balaban J connectivity index is 1.39. The Kier molecular flexibility index (Phi) is 4.92. The van der Waals surface area contributed by atoms with E-state index in [-0.39, 0.29) is 5.56 Å². The third-order valence-corrected chi connectivity index (χ3v) is 6.10. The van der Waals surface area contributed by atoms with Gasteiger partial charge >= 0.3 is 0 Å². The minimum atomic E-state index is -0.185. The zero-order valence-corrected chi connectivity index (χ0v) is 17.3. The molecule has 3 aromatic heterocycles. The molecule has 0 aliphatic heterocycles. The molecular formula is C19H24N6O2S. The van der Waals surface area contributed by atoms with Gasteiger partial charge in [0.15, 0.2) is 0 Å². The van der Waals surface area contributed by atoms with Gasteiger partial charge in [-0.15, -0.1) is 16.4 Å². The Bertz CT molecular complexity index is 1030. The Morgan fingerprint density at radius 3 is 2.82 bits per heavy atom. The van der Waals surface area contributed by atoms with Crippen LogP contribution in [-0.4, -0.2) is 31.2 Å². The van der Waals surface area contributed by atoms with Crippen molar-refractivity contribution in [1.29, 1.82) is 0 Å². The van der Waals surface area contributed by atoms with E-state index in [1.165, 1.54) is 9.56 Å². The lowest BCUT2D eigenvalue weighted by Crippen LogP contribution is -2.24. The van der Waals surface area contributed by atoms with Crippen LogP contribution in [0.5, 0.6) is 5.88 Å². The van der Waals surface area contributed by atoms with Crippen molar-refractivity contribution in [3.8, 4) is 5.88 Å². The number of aromatic nitrogens is 5. The van der Waals surface area contributed by atoms with Gasteiger partial charge in [0.2, 0.25) is 5.88 Å². The molecule has 1 saturated carbocycles. The van der Waals surface area contributed by atoms with Gasteiger partial charge in [0.05, 0.1) is 24.5 Å². The Labute approximate surface area is 167 Å². The van der Waals surface area contributed by atoms with Crippen molar-refractivity contribution in [2.45, 2.75) is 32.7 Å². The number of nitrogens with zero attached hydrogens (tertiary/aromatic N) is 5. The second-order valence-corrected chi connectivity index (χ2v) is 8.54. The van der Waals surface area contributed by atoms with E-state index in [4.69, 9.17) is 4.74 Å². The molecule has 8 nitrogen and oxygen atoms in total. The molecule has 0 saturated heterocycles. The van der Waals surface area contributed by atoms with E-state index < -0.39 is 0 Å². The van der Waals surface area contributed by atoms with Gasteiger partial charge in [-0.2, -0.15) is 5.10 Å². The fourth-order valence-electron chi connectivity index (χ4n) is 3.18. The summed E-state index contributed by atoms with van der Waals surface area (Å²) in [6, 6.07) is 3.73. The second kappa shape index (κ2) is 7.38. The summed E-state index contributed by atoms with van der Waals surface area (Å²) in [6.45, 7) is 5.10. The van der Waals surface area contributed by atoms with E-state index in [1.807, 2.05) is 31.8 Å². The number of nitrogens with one attached hydrogen (secondary N) is 1. The third kappa shape index (κ3) is 3.94. The summed E-state index contributed by atoms with van der Waals surface area (Å²) in [7, 11) is 3.56. The van der Waals surface area contributed by atoms with Gasteiger partial charge in [-0.1, -0.05) is 0 Å². The lowest BCUT2D eigenvalue weighted by atomic mass is 10.2. The first-order valence-corrected chi connectivity index (χ1v) is 10.1. The summed E-state index contributed by atoms with van der Waals surface area (Å²) >= 11 is 1.63. The molecule has 0 spiro atoms. The summed E-state index contributed by atoms with van der Waals surface area (Å²) in [4.78, 5) is 18.0. The van der Waals surface area contributed by atoms with E-state index in [9.17, 15) is 4.79 Å². The van der Waals surface area contributed by atoms with Gasteiger partial charge in [-0.05, 0) is 26.3 Å². The summed E-state index contributed by atoms with van der Waals surface area (Å²) in [6.07, 6.45) is 3.03. The van der Waals surface area contributed by atoms with Crippen LogP contribution in [0.15, 0.2) is 23.1 Å². The predicted octanol–water partition coefficient (Wildman–Crippen LogP) is 2.38. The van der Waals surface area contributed by atoms with Crippen LogP contribution in [-0.2, 0) is 20.6 Å². The fraction of sp³-hybridized carbons (Fsp3) is 0.474. The molecule has 9 heteroatoms. The SMILES string of the molecule is Cc1nc(CNc2cc(OCC3C[C@H]3c3ccn(C)n3)nn(C)c2=O)sc1C. The standard InChI is InChI=1S/C19H24N6O2S/c1-11-12(2)28-18(21-11)9-20-16-8-17(23-25(4)19(16)26)27-10-13-7-14(13)15-5-6-24(3)22-15/h5-6,8,13-14,20H,7,9-10H2,1-4H3/t13?,14-/m1/s1. The predicted molar refractivity (Wildman–Crippen MR) is 108 cm³/mol. The topological polar surface area (TPSA) is 86.9 Å². The van der Waals surface area contributed by atoms with Gasteiger partial charge in [0.1, 0.15) is 10.7 Å². The average molecular weight is 401 g/mol. The highest BCUT2D eigenvalue weighted by Crippen LogP contribution is 2.46. The quantitative estimate of drug-likeness (QED) is 0.655. The van der Waals surface area contributed by atoms with Crippen LogP contribution in [0.1, 0.15) is 33.6 Å². The zero-order chi connectivity index (χ0) is 19.8. The van der Waals surface area contributed by atoms with Crippen LogP contribution in [0.3, 0.4) is 0 Å². The molecule has 1 unspecified atom stereocenters. The molecule has 1 aliphatic carbocycles. The molecule has 0 bridgehead atoms. The number of hydrogen-bond acceptors (Lipinski definition) is 7. The highest BCUT2D eigenvalue weighted by Gasteiger charge is 2.40. The maximum absolute atomic E-state index is 12.4. The highest BCUT2D eigenvalue weighted by molar-refractivity contribution is 7.11. The van der Waals surface area contributed by atoms with Crippen LogP contribution in [0, 0.1) is 19.8 Å². The summed E-state index contributed by atoms with van der Waals surface area (Å²) in [5, 5.41) is 12.8. The first kappa shape index (κ1) is 18.7. The monoisotopic (exact) mass is 400 g/mol. The van der Waals surface area contributed by atoms with E-state index in [0.717, 1.165) is 22.8 Å². The molecule has 1 aliphatic rings. The van der Waals surface area contributed by atoms with Crippen molar-refractivity contribution >= 4 is 17.0 Å².